The highest BCUT2D eigenvalue weighted by Gasteiger charge is 2.39. The highest BCUT2D eigenvalue weighted by Crippen LogP contribution is 2.21. The molecule has 0 spiro atoms. The average molecular weight is 323 g/mol. The van der Waals surface area contributed by atoms with Crippen molar-refractivity contribution in [1.82, 2.24) is 0 Å². The lowest BCUT2D eigenvalue weighted by atomic mass is 10.1. The van der Waals surface area contributed by atoms with Gasteiger partial charge >= 0.3 is 8.80 Å². The zero-order chi connectivity index (χ0) is 16.3. The summed E-state index contributed by atoms with van der Waals surface area (Å²) in [6, 6.07) is 8.35. The SMILES string of the molecule is CCO[Si](CCCc1cccc(OC#N)c1)(OCC)OCC. The van der Waals surface area contributed by atoms with E-state index in [9.17, 15) is 0 Å². The summed E-state index contributed by atoms with van der Waals surface area (Å²) in [5.41, 5.74) is 1.13. The fourth-order valence-electron chi connectivity index (χ4n) is 2.33. The lowest BCUT2D eigenvalue weighted by Gasteiger charge is -2.28. The van der Waals surface area contributed by atoms with E-state index < -0.39 is 8.80 Å². The average Bonchev–Trinajstić information content (AvgIpc) is 2.49. The van der Waals surface area contributed by atoms with Gasteiger partial charge in [0.05, 0.1) is 0 Å². The Kier molecular flexibility index (Phi) is 8.78. The Bertz CT molecular complexity index is 458. The van der Waals surface area contributed by atoms with Crippen LogP contribution in [0.15, 0.2) is 24.3 Å². The fraction of sp³-hybridized carbons (Fsp3) is 0.562. The third-order valence-electron chi connectivity index (χ3n) is 3.10. The standard InChI is InChI=1S/C16H25NO4Si/c1-4-19-22(20-5-2,21-6-3)12-8-10-15-9-7-11-16(13-15)18-14-17/h7,9,11,13H,4-6,8,10,12H2,1-3H3. The van der Waals surface area contributed by atoms with Crippen molar-refractivity contribution in [2.45, 2.75) is 39.7 Å². The summed E-state index contributed by atoms with van der Waals surface area (Å²) in [5, 5.41) is 8.55. The predicted octanol–water partition coefficient (Wildman–Crippen LogP) is 3.53. The van der Waals surface area contributed by atoms with Crippen molar-refractivity contribution in [2.24, 2.45) is 0 Å². The van der Waals surface area contributed by atoms with E-state index in [0.717, 1.165) is 24.4 Å². The summed E-state index contributed by atoms with van der Waals surface area (Å²) < 4.78 is 22.4. The Hall–Kier alpha value is -1.39. The van der Waals surface area contributed by atoms with Crippen LogP contribution in [0.25, 0.3) is 0 Å². The summed E-state index contributed by atoms with van der Waals surface area (Å²) in [6.07, 6.45) is 3.46. The molecule has 0 aliphatic rings. The Balaban J connectivity index is 2.61. The van der Waals surface area contributed by atoms with Crippen LogP contribution in [0.3, 0.4) is 0 Å². The van der Waals surface area contributed by atoms with Gasteiger partial charge in [0.2, 0.25) is 0 Å². The van der Waals surface area contributed by atoms with Gasteiger partial charge in [-0.25, -0.2) is 0 Å². The zero-order valence-electron chi connectivity index (χ0n) is 13.6. The van der Waals surface area contributed by atoms with Crippen LogP contribution in [0.1, 0.15) is 32.8 Å². The molecule has 0 unspecified atom stereocenters. The van der Waals surface area contributed by atoms with Crippen molar-refractivity contribution in [1.29, 1.82) is 5.26 Å². The maximum Gasteiger partial charge on any atom is 0.500 e. The quantitative estimate of drug-likeness (QED) is 0.460. The largest absolute Gasteiger partial charge is 0.500 e. The molecule has 0 heterocycles. The molecule has 0 amide bonds. The van der Waals surface area contributed by atoms with Crippen LogP contribution in [0.5, 0.6) is 5.75 Å². The smallest absolute Gasteiger partial charge is 0.388 e. The first-order valence-electron chi connectivity index (χ1n) is 7.76. The van der Waals surface area contributed by atoms with E-state index in [2.05, 4.69) is 0 Å². The van der Waals surface area contributed by atoms with E-state index in [-0.39, 0.29) is 0 Å². The van der Waals surface area contributed by atoms with Crippen LogP contribution in [-0.4, -0.2) is 28.6 Å². The highest BCUT2D eigenvalue weighted by atomic mass is 28.4. The lowest BCUT2D eigenvalue weighted by molar-refractivity contribution is 0.0708. The van der Waals surface area contributed by atoms with Gasteiger partial charge in [0.15, 0.2) is 0 Å². The Morgan fingerprint density at radius 2 is 1.68 bits per heavy atom. The van der Waals surface area contributed by atoms with Gasteiger partial charge in [-0.15, -0.1) is 5.26 Å². The van der Waals surface area contributed by atoms with Crippen molar-refractivity contribution in [2.75, 3.05) is 19.8 Å². The molecular formula is C16H25NO4Si. The molecule has 1 aromatic carbocycles. The monoisotopic (exact) mass is 323 g/mol. The third-order valence-corrected chi connectivity index (χ3v) is 6.25. The van der Waals surface area contributed by atoms with Gasteiger partial charge < -0.3 is 18.0 Å². The second kappa shape index (κ2) is 10.4. The number of hydrogen-bond donors (Lipinski definition) is 0. The molecule has 6 heteroatoms. The van der Waals surface area contributed by atoms with E-state index >= 15 is 0 Å². The lowest BCUT2D eigenvalue weighted by Crippen LogP contribution is -2.46. The first kappa shape index (κ1) is 18.7. The molecule has 0 N–H and O–H groups in total. The van der Waals surface area contributed by atoms with E-state index in [1.807, 2.05) is 39.0 Å². The van der Waals surface area contributed by atoms with Gasteiger partial charge in [0.1, 0.15) is 5.75 Å². The van der Waals surface area contributed by atoms with Crippen LogP contribution < -0.4 is 4.74 Å². The molecule has 0 atom stereocenters. The van der Waals surface area contributed by atoms with E-state index in [1.54, 1.807) is 12.3 Å². The molecule has 122 valence electrons. The molecule has 0 aliphatic carbocycles. The van der Waals surface area contributed by atoms with Crippen molar-refractivity contribution in [3.05, 3.63) is 29.8 Å². The molecule has 5 nitrogen and oxygen atoms in total. The maximum atomic E-state index is 8.55. The van der Waals surface area contributed by atoms with Gasteiger partial charge in [-0.1, -0.05) is 12.1 Å². The zero-order valence-corrected chi connectivity index (χ0v) is 14.6. The molecular weight excluding hydrogens is 298 g/mol. The van der Waals surface area contributed by atoms with Gasteiger partial charge in [-0.2, -0.15) is 0 Å². The summed E-state index contributed by atoms with van der Waals surface area (Å²) in [7, 11) is -2.56. The molecule has 0 aromatic heterocycles. The number of aryl methyl sites for hydroxylation is 1. The molecule has 0 bridgehead atoms. The third kappa shape index (κ3) is 6.16. The topological polar surface area (TPSA) is 60.7 Å². The summed E-state index contributed by atoms with van der Waals surface area (Å²) in [5.74, 6) is 0.572. The van der Waals surface area contributed by atoms with E-state index in [0.29, 0.717) is 25.6 Å². The molecule has 0 saturated heterocycles. The fourth-order valence-corrected chi connectivity index (χ4v) is 4.94. The van der Waals surface area contributed by atoms with Gasteiger partial charge in [-0.05, 0) is 51.3 Å². The summed E-state index contributed by atoms with van der Waals surface area (Å²) >= 11 is 0. The normalized spacial score (nSPS) is 11.2. The second-order valence-corrected chi connectivity index (χ2v) is 7.41. The van der Waals surface area contributed by atoms with Crippen molar-refractivity contribution in [3.8, 4) is 12.0 Å². The van der Waals surface area contributed by atoms with Crippen molar-refractivity contribution >= 4 is 8.80 Å². The molecule has 22 heavy (non-hydrogen) atoms. The van der Waals surface area contributed by atoms with Gasteiger partial charge in [0.25, 0.3) is 6.26 Å². The Labute approximate surface area is 134 Å². The molecule has 0 radical (unpaired) electrons. The number of ether oxygens (including phenoxy) is 1. The molecule has 0 aliphatic heterocycles. The maximum absolute atomic E-state index is 8.55. The van der Waals surface area contributed by atoms with Gasteiger partial charge in [0, 0.05) is 25.9 Å². The van der Waals surface area contributed by atoms with Crippen LogP contribution in [-0.2, 0) is 19.7 Å². The number of nitriles is 1. The van der Waals surface area contributed by atoms with Crippen LogP contribution >= 0.6 is 0 Å². The first-order valence-corrected chi connectivity index (χ1v) is 9.69. The first-order chi connectivity index (χ1) is 10.7. The highest BCUT2D eigenvalue weighted by molar-refractivity contribution is 6.60. The Morgan fingerprint density at radius 1 is 1.05 bits per heavy atom. The molecule has 0 fully saturated rings. The second-order valence-electron chi connectivity index (χ2n) is 4.68. The minimum absolute atomic E-state index is 0.572. The number of nitrogens with zero attached hydrogens (tertiary/aromatic N) is 1. The van der Waals surface area contributed by atoms with E-state index in [4.69, 9.17) is 23.3 Å². The number of benzene rings is 1. The number of rotatable bonds is 11. The predicted molar refractivity (Wildman–Crippen MR) is 86.4 cm³/mol. The minimum atomic E-state index is -2.56. The number of hydrogen-bond acceptors (Lipinski definition) is 5. The van der Waals surface area contributed by atoms with Crippen LogP contribution in [0.2, 0.25) is 6.04 Å². The van der Waals surface area contributed by atoms with Crippen molar-refractivity contribution in [3.63, 3.8) is 0 Å². The summed E-state index contributed by atoms with van der Waals surface area (Å²) in [4.78, 5) is 0. The van der Waals surface area contributed by atoms with Gasteiger partial charge in [-0.3, -0.25) is 0 Å². The summed E-state index contributed by atoms with van der Waals surface area (Å²) in [6.45, 7) is 7.67. The van der Waals surface area contributed by atoms with Crippen molar-refractivity contribution < 1.29 is 18.0 Å². The Morgan fingerprint density at radius 3 is 2.23 bits per heavy atom. The molecule has 1 aromatic rings. The molecule has 1 rings (SSSR count). The van der Waals surface area contributed by atoms with Crippen LogP contribution in [0.4, 0.5) is 0 Å². The van der Waals surface area contributed by atoms with Crippen LogP contribution in [0, 0.1) is 11.5 Å². The van der Waals surface area contributed by atoms with E-state index in [1.165, 1.54) is 0 Å². The minimum Gasteiger partial charge on any atom is -0.388 e. The molecule has 0 saturated carbocycles.